The van der Waals surface area contributed by atoms with Gasteiger partial charge in [0.15, 0.2) is 5.82 Å². The summed E-state index contributed by atoms with van der Waals surface area (Å²) in [5.74, 6) is 1.77. The Morgan fingerprint density at radius 3 is 2.60 bits per heavy atom. The van der Waals surface area contributed by atoms with E-state index in [1.807, 2.05) is 29.9 Å². The van der Waals surface area contributed by atoms with Crippen LogP contribution in [0.25, 0.3) is 11.4 Å². The van der Waals surface area contributed by atoms with Gasteiger partial charge in [-0.25, -0.2) is 19.6 Å². The van der Waals surface area contributed by atoms with Gasteiger partial charge in [-0.05, 0) is 38.8 Å². The molecule has 0 aromatic carbocycles. The first-order chi connectivity index (χ1) is 12.2. The average Bonchev–Trinajstić information content (AvgIpc) is 3.19. The van der Waals surface area contributed by atoms with Crippen LogP contribution in [0.2, 0.25) is 0 Å². The lowest BCUT2D eigenvalue weighted by Gasteiger charge is -2.33. The van der Waals surface area contributed by atoms with E-state index in [1.54, 1.807) is 18.9 Å². The lowest BCUT2D eigenvalue weighted by Crippen LogP contribution is -2.36. The predicted octanol–water partition coefficient (Wildman–Crippen LogP) is 2.59. The van der Waals surface area contributed by atoms with Gasteiger partial charge < -0.3 is 4.90 Å². The summed E-state index contributed by atoms with van der Waals surface area (Å²) >= 11 is 0. The van der Waals surface area contributed by atoms with Crippen molar-refractivity contribution in [2.24, 2.45) is 0 Å². The van der Waals surface area contributed by atoms with Gasteiger partial charge in [-0.1, -0.05) is 0 Å². The molecule has 4 rings (SSSR count). The molecule has 3 aromatic rings. The molecular formula is C18H21N7. The number of hydrogen-bond donors (Lipinski definition) is 0. The normalized spacial score (nSPS) is 15.5. The van der Waals surface area contributed by atoms with Crippen molar-refractivity contribution in [2.75, 3.05) is 18.0 Å². The first-order valence-electron chi connectivity index (χ1n) is 8.57. The summed E-state index contributed by atoms with van der Waals surface area (Å²) in [6.45, 7) is 6.05. The lowest BCUT2D eigenvalue weighted by molar-refractivity contribution is 0.365. The van der Waals surface area contributed by atoms with E-state index in [9.17, 15) is 0 Å². The van der Waals surface area contributed by atoms with Gasteiger partial charge in [-0.2, -0.15) is 5.10 Å². The van der Waals surface area contributed by atoms with E-state index in [0.29, 0.717) is 6.04 Å². The van der Waals surface area contributed by atoms with E-state index < -0.39 is 0 Å². The Kier molecular flexibility index (Phi) is 4.13. The molecule has 0 radical (unpaired) electrons. The molecule has 0 atom stereocenters. The number of aryl methyl sites for hydroxylation is 1. The van der Waals surface area contributed by atoms with Crippen molar-refractivity contribution in [3.8, 4) is 11.4 Å². The van der Waals surface area contributed by atoms with Crippen molar-refractivity contribution in [1.82, 2.24) is 29.7 Å². The Hall–Kier alpha value is -2.83. The van der Waals surface area contributed by atoms with E-state index in [-0.39, 0.29) is 0 Å². The number of piperidine rings is 1. The second kappa shape index (κ2) is 6.58. The average molecular weight is 335 g/mol. The Balaban J connectivity index is 1.59. The van der Waals surface area contributed by atoms with Crippen molar-refractivity contribution in [3.63, 3.8) is 0 Å². The number of aromatic nitrogens is 6. The highest BCUT2D eigenvalue weighted by atomic mass is 15.3. The largest absolute Gasteiger partial charge is 0.356 e. The van der Waals surface area contributed by atoms with Crippen LogP contribution in [0.1, 0.15) is 30.1 Å². The number of hydrogen-bond acceptors (Lipinski definition) is 6. The minimum Gasteiger partial charge on any atom is -0.356 e. The highest BCUT2D eigenvalue weighted by molar-refractivity contribution is 5.59. The molecule has 0 N–H and O–H groups in total. The third-order valence-corrected chi connectivity index (χ3v) is 4.86. The monoisotopic (exact) mass is 335 g/mol. The van der Waals surface area contributed by atoms with Crippen LogP contribution in [-0.4, -0.2) is 42.8 Å². The van der Waals surface area contributed by atoms with E-state index in [1.165, 1.54) is 0 Å². The molecule has 7 heteroatoms. The fourth-order valence-electron chi connectivity index (χ4n) is 3.29. The van der Waals surface area contributed by atoms with E-state index in [2.05, 4.69) is 31.9 Å². The zero-order valence-corrected chi connectivity index (χ0v) is 14.5. The summed E-state index contributed by atoms with van der Waals surface area (Å²) in [5.41, 5.74) is 3.11. The van der Waals surface area contributed by atoms with Crippen molar-refractivity contribution in [3.05, 3.63) is 48.4 Å². The van der Waals surface area contributed by atoms with Crippen LogP contribution in [0.4, 0.5) is 5.82 Å². The molecule has 0 bridgehead atoms. The fourth-order valence-corrected chi connectivity index (χ4v) is 3.29. The predicted molar refractivity (Wildman–Crippen MR) is 95.2 cm³/mol. The first-order valence-corrected chi connectivity index (χ1v) is 8.57. The van der Waals surface area contributed by atoms with Crippen LogP contribution >= 0.6 is 0 Å². The molecule has 0 aliphatic carbocycles. The van der Waals surface area contributed by atoms with Crippen molar-refractivity contribution in [1.29, 1.82) is 0 Å². The summed E-state index contributed by atoms with van der Waals surface area (Å²) in [6.07, 6.45) is 9.05. The van der Waals surface area contributed by atoms with Gasteiger partial charge in [0.1, 0.15) is 18.5 Å². The molecule has 25 heavy (non-hydrogen) atoms. The molecule has 1 saturated heterocycles. The molecule has 0 saturated carbocycles. The van der Waals surface area contributed by atoms with Crippen LogP contribution in [0.5, 0.6) is 0 Å². The van der Waals surface area contributed by atoms with Gasteiger partial charge in [0.2, 0.25) is 0 Å². The van der Waals surface area contributed by atoms with E-state index >= 15 is 0 Å². The van der Waals surface area contributed by atoms with Gasteiger partial charge >= 0.3 is 0 Å². The van der Waals surface area contributed by atoms with Crippen LogP contribution in [-0.2, 0) is 0 Å². The molecule has 0 unspecified atom stereocenters. The minimum atomic E-state index is 0.416. The fraction of sp³-hybridized carbons (Fsp3) is 0.389. The van der Waals surface area contributed by atoms with Gasteiger partial charge in [0.05, 0.1) is 6.04 Å². The van der Waals surface area contributed by atoms with Crippen molar-refractivity contribution in [2.45, 2.75) is 32.7 Å². The second-order valence-electron chi connectivity index (χ2n) is 6.42. The highest BCUT2D eigenvalue weighted by Gasteiger charge is 2.24. The Bertz CT molecular complexity index is 837. The molecule has 4 heterocycles. The summed E-state index contributed by atoms with van der Waals surface area (Å²) < 4.78 is 1.97. The third-order valence-electron chi connectivity index (χ3n) is 4.86. The molecule has 1 fully saturated rings. The zero-order chi connectivity index (χ0) is 17.2. The SMILES string of the molecule is Cc1nc(-c2cccnc2)nc(N2CCC(n3cncn3)CC2)c1C. The molecule has 7 nitrogen and oxygen atoms in total. The lowest BCUT2D eigenvalue weighted by atomic mass is 10.0. The number of anilines is 1. The van der Waals surface area contributed by atoms with Crippen molar-refractivity contribution < 1.29 is 0 Å². The van der Waals surface area contributed by atoms with Gasteiger partial charge in [-0.15, -0.1) is 0 Å². The molecule has 128 valence electrons. The molecule has 1 aliphatic rings. The standard InChI is InChI=1S/C18H21N7/c1-13-14(2)22-17(15-4-3-7-19-10-15)23-18(13)24-8-5-16(6-9-24)25-12-20-11-21-25/h3-4,7,10-12,16H,5-6,8-9H2,1-2H3. The van der Waals surface area contributed by atoms with Crippen molar-refractivity contribution >= 4 is 5.82 Å². The first kappa shape index (κ1) is 15.7. The van der Waals surface area contributed by atoms with E-state index in [0.717, 1.165) is 54.4 Å². The maximum absolute atomic E-state index is 4.85. The summed E-state index contributed by atoms with van der Waals surface area (Å²) in [6, 6.07) is 4.33. The molecule has 1 aliphatic heterocycles. The number of pyridine rings is 1. The van der Waals surface area contributed by atoms with E-state index in [4.69, 9.17) is 4.98 Å². The zero-order valence-electron chi connectivity index (χ0n) is 14.5. The summed E-state index contributed by atoms with van der Waals surface area (Å²) in [4.78, 5) is 20.1. The number of nitrogens with zero attached hydrogens (tertiary/aromatic N) is 7. The van der Waals surface area contributed by atoms with Gasteiger partial charge in [0.25, 0.3) is 0 Å². The summed E-state index contributed by atoms with van der Waals surface area (Å²) in [7, 11) is 0. The Labute approximate surface area is 146 Å². The second-order valence-corrected chi connectivity index (χ2v) is 6.42. The molecule has 3 aromatic heterocycles. The van der Waals surface area contributed by atoms with Crippen LogP contribution in [0, 0.1) is 13.8 Å². The quantitative estimate of drug-likeness (QED) is 0.732. The van der Waals surface area contributed by atoms with Crippen LogP contribution in [0.15, 0.2) is 37.2 Å². The maximum atomic E-state index is 4.85. The molecular weight excluding hydrogens is 314 g/mol. The van der Waals surface area contributed by atoms with Gasteiger partial charge in [0, 0.05) is 42.3 Å². The summed E-state index contributed by atoms with van der Waals surface area (Å²) in [5, 5.41) is 4.28. The smallest absolute Gasteiger partial charge is 0.163 e. The Morgan fingerprint density at radius 1 is 1.08 bits per heavy atom. The topological polar surface area (TPSA) is 72.6 Å². The number of rotatable bonds is 3. The van der Waals surface area contributed by atoms with Crippen LogP contribution in [0.3, 0.4) is 0 Å². The minimum absolute atomic E-state index is 0.416. The Morgan fingerprint density at radius 2 is 1.92 bits per heavy atom. The third kappa shape index (κ3) is 3.09. The molecule has 0 amide bonds. The van der Waals surface area contributed by atoms with Gasteiger partial charge in [-0.3, -0.25) is 4.98 Å². The molecule has 0 spiro atoms. The maximum Gasteiger partial charge on any atom is 0.163 e. The highest BCUT2D eigenvalue weighted by Crippen LogP contribution is 2.29. The van der Waals surface area contributed by atoms with Crippen LogP contribution < -0.4 is 4.90 Å².